The van der Waals surface area contributed by atoms with Crippen molar-refractivity contribution in [2.45, 2.75) is 24.5 Å². The Morgan fingerprint density at radius 1 is 1.16 bits per heavy atom. The lowest BCUT2D eigenvalue weighted by Crippen LogP contribution is -2.46. The molecule has 2 aromatic carbocycles. The zero-order valence-corrected chi connectivity index (χ0v) is 13.6. The van der Waals surface area contributed by atoms with Gasteiger partial charge in [0.15, 0.2) is 0 Å². The number of benzene rings is 2. The van der Waals surface area contributed by atoms with Crippen LogP contribution >= 0.6 is 0 Å². The van der Waals surface area contributed by atoms with Crippen molar-refractivity contribution in [2.24, 2.45) is 0 Å². The molecule has 3 N–H and O–H groups in total. The van der Waals surface area contributed by atoms with Crippen molar-refractivity contribution in [2.75, 3.05) is 13.1 Å². The Kier molecular flexibility index (Phi) is 5.40. The van der Waals surface area contributed by atoms with Crippen molar-refractivity contribution < 1.29 is 18.7 Å². The molecule has 0 spiro atoms. The van der Waals surface area contributed by atoms with Crippen LogP contribution in [0.15, 0.2) is 48.5 Å². The maximum absolute atomic E-state index is 13.4. The van der Waals surface area contributed by atoms with Crippen LogP contribution in [0.5, 0.6) is 0 Å². The smallest absolute Gasteiger partial charge is 0.239 e. The molecule has 1 heterocycles. The molecule has 3 atom stereocenters. The minimum Gasteiger partial charge on any atom is -0.390 e. The molecule has 1 fully saturated rings. The van der Waals surface area contributed by atoms with Crippen LogP contribution in [0.2, 0.25) is 0 Å². The van der Waals surface area contributed by atoms with Gasteiger partial charge in [0.2, 0.25) is 5.91 Å². The Morgan fingerprint density at radius 3 is 2.64 bits per heavy atom. The third kappa shape index (κ3) is 4.21. The molecule has 1 saturated heterocycles. The largest absolute Gasteiger partial charge is 0.390 e. The summed E-state index contributed by atoms with van der Waals surface area (Å²) in [4.78, 5) is 12.3. The van der Waals surface area contributed by atoms with E-state index in [9.17, 15) is 18.7 Å². The van der Waals surface area contributed by atoms with Crippen molar-refractivity contribution in [3.05, 3.63) is 71.3 Å². The van der Waals surface area contributed by atoms with Crippen LogP contribution in [-0.4, -0.2) is 36.2 Å². The zero-order valence-electron chi connectivity index (χ0n) is 13.6. The SMILES string of the molecule is O=C(NCCc1ccc(F)cc1)[C@H]1NC[C@H](c2cccc(F)c2)[C@H]1O. The molecule has 0 aromatic heterocycles. The number of amides is 1. The Balaban J connectivity index is 1.53. The fraction of sp³-hybridized carbons (Fsp3) is 0.316. The highest BCUT2D eigenvalue weighted by Crippen LogP contribution is 2.26. The Morgan fingerprint density at radius 2 is 1.92 bits per heavy atom. The lowest BCUT2D eigenvalue weighted by atomic mass is 9.93. The first-order chi connectivity index (χ1) is 12.0. The summed E-state index contributed by atoms with van der Waals surface area (Å²) < 4.78 is 26.2. The number of carbonyl (C=O) groups is 1. The van der Waals surface area contributed by atoms with Crippen LogP contribution in [0.3, 0.4) is 0 Å². The van der Waals surface area contributed by atoms with Gasteiger partial charge in [-0.3, -0.25) is 4.79 Å². The molecule has 0 radical (unpaired) electrons. The average molecular weight is 346 g/mol. The van der Waals surface area contributed by atoms with Crippen molar-refractivity contribution in [3.63, 3.8) is 0 Å². The fourth-order valence-electron chi connectivity index (χ4n) is 3.12. The van der Waals surface area contributed by atoms with Gasteiger partial charge < -0.3 is 15.7 Å². The van der Waals surface area contributed by atoms with Gasteiger partial charge in [-0.25, -0.2) is 8.78 Å². The second kappa shape index (κ2) is 7.72. The van der Waals surface area contributed by atoms with Crippen molar-refractivity contribution in [3.8, 4) is 0 Å². The minimum atomic E-state index is -0.923. The van der Waals surface area contributed by atoms with Gasteiger partial charge in [-0.15, -0.1) is 0 Å². The topological polar surface area (TPSA) is 61.4 Å². The molecule has 3 rings (SSSR count). The number of hydrogen-bond donors (Lipinski definition) is 3. The molecule has 0 saturated carbocycles. The number of halogens is 2. The Labute approximate surface area is 144 Å². The normalized spacial score (nSPS) is 22.8. The number of aliphatic hydroxyl groups is 1. The summed E-state index contributed by atoms with van der Waals surface area (Å²) in [7, 11) is 0. The molecule has 25 heavy (non-hydrogen) atoms. The lowest BCUT2D eigenvalue weighted by Gasteiger charge is -2.18. The number of hydrogen-bond acceptors (Lipinski definition) is 3. The molecule has 6 heteroatoms. The molecule has 2 aromatic rings. The molecule has 0 bridgehead atoms. The first kappa shape index (κ1) is 17.5. The molecule has 0 unspecified atom stereocenters. The molecule has 132 valence electrons. The summed E-state index contributed by atoms with van der Waals surface area (Å²) in [5.41, 5.74) is 1.58. The molecule has 1 amide bonds. The number of rotatable bonds is 5. The number of nitrogens with one attached hydrogen (secondary N) is 2. The van der Waals surface area contributed by atoms with E-state index in [2.05, 4.69) is 10.6 Å². The van der Waals surface area contributed by atoms with Gasteiger partial charge >= 0.3 is 0 Å². The van der Waals surface area contributed by atoms with E-state index in [0.29, 0.717) is 25.1 Å². The van der Waals surface area contributed by atoms with Crippen molar-refractivity contribution >= 4 is 5.91 Å². The quantitative estimate of drug-likeness (QED) is 0.773. The van der Waals surface area contributed by atoms with Crippen LogP contribution in [0, 0.1) is 11.6 Å². The van der Waals surface area contributed by atoms with E-state index in [-0.39, 0.29) is 23.5 Å². The van der Waals surface area contributed by atoms with Crippen molar-refractivity contribution in [1.82, 2.24) is 10.6 Å². The highest BCUT2D eigenvalue weighted by molar-refractivity contribution is 5.83. The van der Waals surface area contributed by atoms with E-state index in [1.807, 2.05) is 0 Å². The van der Waals surface area contributed by atoms with E-state index in [4.69, 9.17) is 0 Å². The lowest BCUT2D eigenvalue weighted by molar-refractivity contribution is -0.124. The molecular formula is C19H20F2N2O2. The van der Waals surface area contributed by atoms with Gasteiger partial charge in [0, 0.05) is 19.0 Å². The summed E-state index contributed by atoms with van der Waals surface area (Å²) in [5, 5.41) is 16.2. The van der Waals surface area contributed by atoms with Crippen LogP contribution in [0.4, 0.5) is 8.78 Å². The maximum Gasteiger partial charge on any atom is 0.239 e. The Bertz CT molecular complexity index is 736. The predicted molar refractivity (Wildman–Crippen MR) is 90.1 cm³/mol. The highest BCUT2D eigenvalue weighted by atomic mass is 19.1. The third-order valence-electron chi connectivity index (χ3n) is 4.50. The second-order valence-corrected chi connectivity index (χ2v) is 6.21. The van der Waals surface area contributed by atoms with Crippen LogP contribution in [-0.2, 0) is 11.2 Å². The van der Waals surface area contributed by atoms with Gasteiger partial charge in [-0.2, -0.15) is 0 Å². The predicted octanol–water partition coefficient (Wildman–Crippen LogP) is 1.74. The van der Waals surface area contributed by atoms with E-state index in [1.165, 1.54) is 24.3 Å². The fourth-order valence-corrected chi connectivity index (χ4v) is 3.12. The summed E-state index contributed by atoms with van der Waals surface area (Å²) in [6.45, 7) is 0.792. The van der Waals surface area contributed by atoms with Crippen LogP contribution < -0.4 is 10.6 Å². The molecule has 4 nitrogen and oxygen atoms in total. The zero-order chi connectivity index (χ0) is 17.8. The van der Waals surface area contributed by atoms with Gasteiger partial charge in [0.1, 0.15) is 17.7 Å². The van der Waals surface area contributed by atoms with E-state index in [1.54, 1.807) is 24.3 Å². The van der Waals surface area contributed by atoms with Gasteiger partial charge in [0.25, 0.3) is 0 Å². The molecule has 0 aliphatic carbocycles. The monoisotopic (exact) mass is 346 g/mol. The van der Waals surface area contributed by atoms with Gasteiger partial charge in [-0.05, 0) is 41.8 Å². The highest BCUT2D eigenvalue weighted by Gasteiger charge is 2.39. The average Bonchev–Trinajstić information content (AvgIpc) is 2.98. The van der Waals surface area contributed by atoms with E-state index in [0.717, 1.165) is 5.56 Å². The Hall–Kier alpha value is -2.31. The first-order valence-corrected chi connectivity index (χ1v) is 8.23. The van der Waals surface area contributed by atoms with Crippen LogP contribution in [0.25, 0.3) is 0 Å². The molecular weight excluding hydrogens is 326 g/mol. The summed E-state index contributed by atoms with van der Waals surface area (Å²) >= 11 is 0. The van der Waals surface area contributed by atoms with E-state index < -0.39 is 12.1 Å². The summed E-state index contributed by atoms with van der Waals surface area (Å²) in [6, 6.07) is 11.4. The number of carbonyl (C=O) groups excluding carboxylic acids is 1. The van der Waals surface area contributed by atoms with Gasteiger partial charge in [-0.1, -0.05) is 24.3 Å². The second-order valence-electron chi connectivity index (χ2n) is 6.21. The summed E-state index contributed by atoms with van der Waals surface area (Å²) in [5.74, 6) is -1.29. The molecule has 1 aliphatic heterocycles. The van der Waals surface area contributed by atoms with E-state index >= 15 is 0 Å². The van der Waals surface area contributed by atoms with Crippen LogP contribution in [0.1, 0.15) is 17.0 Å². The maximum atomic E-state index is 13.4. The third-order valence-corrected chi connectivity index (χ3v) is 4.50. The number of aliphatic hydroxyl groups excluding tert-OH is 1. The van der Waals surface area contributed by atoms with Crippen molar-refractivity contribution in [1.29, 1.82) is 0 Å². The standard InChI is InChI=1S/C19H20F2N2O2/c20-14-6-4-12(5-7-14)8-9-22-19(25)17-18(24)16(11-23-17)13-2-1-3-15(21)10-13/h1-7,10,16-18,23-24H,8-9,11H2,(H,22,25)/t16-,17+,18-/m1/s1. The van der Waals surface area contributed by atoms with Gasteiger partial charge in [0.05, 0.1) is 6.10 Å². The minimum absolute atomic E-state index is 0.297. The first-order valence-electron chi connectivity index (χ1n) is 8.23. The molecule has 1 aliphatic rings. The summed E-state index contributed by atoms with van der Waals surface area (Å²) in [6.07, 6.45) is -0.352.